The largest absolute Gasteiger partial charge is 0.478 e. The van der Waals surface area contributed by atoms with Crippen LogP contribution in [0, 0.1) is 0 Å². The fourth-order valence-corrected chi connectivity index (χ4v) is 3.27. The van der Waals surface area contributed by atoms with Crippen LogP contribution in [0.25, 0.3) is 11.0 Å². The minimum Gasteiger partial charge on any atom is -0.478 e. The quantitative estimate of drug-likeness (QED) is 0.939. The maximum absolute atomic E-state index is 11.6. The first kappa shape index (κ1) is 13.9. The van der Waals surface area contributed by atoms with Crippen molar-refractivity contribution in [2.75, 3.05) is 11.4 Å². The van der Waals surface area contributed by atoms with Gasteiger partial charge < -0.3 is 10.0 Å². The molecule has 0 amide bonds. The summed E-state index contributed by atoms with van der Waals surface area (Å²) in [6.07, 6.45) is 7.62. The third kappa shape index (κ3) is 2.24. The van der Waals surface area contributed by atoms with E-state index >= 15 is 0 Å². The number of carboxylic acids is 1. The molecule has 1 N–H and O–H groups in total. The first-order chi connectivity index (χ1) is 10.1. The monoisotopic (exact) mass is 288 g/mol. The Kier molecular flexibility index (Phi) is 3.53. The van der Waals surface area contributed by atoms with Crippen LogP contribution < -0.4 is 4.90 Å². The second-order valence-electron chi connectivity index (χ2n) is 5.58. The molecular formula is C15H20N4O2. The number of carboxylic acid groups (broad SMARTS) is 1. The number of aryl methyl sites for hydroxylation is 1. The average Bonchev–Trinajstić information content (AvgIpc) is 2.88. The Bertz CT molecular complexity index is 680. The van der Waals surface area contributed by atoms with Gasteiger partial charge in [0.25, 0.3) is 0 Å². The molecular weight excluding hydrogens is 268 g/mol. The fraction of sp³-hybridized carbons (Fsp3) is 0.533. The van der Waals surface area contributed by atoms with Gasteiger partial charge in [0.15, 0.2) is 5.65 Å². The highest BCUT2D eigenvalue weighted by molar-refractivity contribution is 6.03. The second-order valence-corrected chi connectivity index (χ2v) is 5.58. The fourth-order valence-electron chi connectivity index (χ4n) is 3.27. The van der Waals surface area contributed by atoms with Gasteiger partial charge >= 0.3 is 5.97 Å². The lowest BCUT2D eigenvalue weighted by atomic mass is 9.97. The molecule has 0 radical (unpaired) electrons. The highest BCUT2D eigenvalue weighted by Crippen LogP contribution is 2.34. The Morgan fingerprint density at radius 2 is 2.24 bits per heavy atom. The van der Waals surface area contributed by atoms with Gasteiger partial charge in [-0.2, -0.15) is 5.10 Å². The second kappa shape index (κ2) is 5.35. The van der Waals surface area contributed by atoms with Crippen LogP contribution in [-0.2, 0) is 7.05 Å². The SMILES string of the molecule is CCC1CCCCN1c1c(C(=O)O)cnc2c1cnn2C. The third-order valence-corrected chi connectivity index (χ3v) is 4.35. The van der Waals surface area contributed by atoms with E-state index in [1.54, 1.807) is 10.9 Å². The van der Waals surface area contributed by atoms with E-state index in [0.717, 1.165) is 42.5 Å². The van der Waals surface area contributed by atoms with Crippen LogP contribution in [0.15, 0.2) is 12.4 Å². The van der Waals surface area contributed by atoms with E-state index in [2.05, 4.69) is 21.9 Å². The van der Waals surface area contributed by atoms with Crippen molar-refractivity contribution in [1.82, 2.24) is 14.8 Å². The third-order valence-electron chi connectivity index (χ3n) is 4.35. The summed E-state index contributed by atoms with van der Waals surface area (Å²) in [6, 6.07) is 0.391. The van der Waals surface area contributed by atoms with Gasteiger partial charge in [0.2, 0.25) is 0 Å². The van der Waals surface area contributed by atoms with Crippen molar-refractivity contribution < 1.29 is 9.90 Å². The van der Waals surface area contributed by atoms with Gasteiger partial charge in [-0.15, -0.1) is 0 Å². The molecule has 0 bridgehead atoms. The lowest BCUT2D eigenvalue weighted by Crippen LogP contribution is -2.40. The van der Waals surface area contributed by atoms with E-state index in [9.17, 15) is 9.90 Å². The highest BCUT2D eigenvalue weighted by atomic mass is 16.4. The van der Waals surface area contributed by atoms with E-state index in [0.29, 0.717) is 6.04 Å². The zero-order valence-corrected chi connectivity index (χ0v) is 12.4. The van der Waals surface area contributed by atoms with E-state index in [4.69, 9.17) is 0 Å². The van der Waals surface area contributed by atoms with Crippen molar-refractivity contribution in [3.63, 3.8) is 0 Å². The molecule has 0 spiro atoms. The van der Waals surface area contributed by atoms with Gasteiger partial charge in [0, 0.05) is 25.8 Å². The van der Waals surface area contributed by atoms with Gasteiger partial charge in [0.1, 0.15) is 5.56 Å². The molecule has 2 aromatic rings. The number of aromatic carboxylic acids is 1. The van der Waals surface area contributed by atoms with Gasteiger partial charge in [-0.05, 0) is 25.7 Å². The summed E-state index contributed by atoms with van der Waals surface area (Å²) in [5.74, 6) is -0.927. The number of rotatable bonds is 3. The van der Waals surface area contributed by atoms with Crippen LogP contribution in [0.5, 0.6) is 0 Å². The van der Waals surface area contributed by atoms with Gasteiger partial charge in [-0.1, -0.05) is 6.92 Å². The number of fused-ring (bicyclic) bond motifs is 1. The van der Waals surface area contributed by atoms with E-state index < -0.39 is 5.97 Å². The maximum atomic E-state index is 11.6. The molecule has 112 valence electrons. The summed E-state index contributed by atoms with van der Waals surface area (Å²) in [5.41, 5.74) is 1.79. The lowest BCUT2D eigenvalue weighted by molar-refractivity contribution is 0.0697. The molecule has 21 heavy (non-hydrogen) atoms. The Morgan fingerprint density at radius 3 is 2.95 bits per heavy atom. The minimum atomic E-state index is -0.927. The molecule has 6 nitrogen and oxygen atoms in total. The average molecular weight is 288 g/mol. The van der Waals surface area contributed by atoms with Crippen LogP contribution in [-0.4, -0.2) is 38.4 Å². The van der Waals surface area contributed by atoms with Crippen molar-refractivity contribution >= 4 is 22.7 Å². The maximum Gasteiger partial charge on any atom is 0.339 e. The normalized spacial score (nSPS) is 19.1. The van der Waals surface area contributed by atoms with Crippen molar-refractivity contribution in [2.24, 2.45) is 7.05 Å². The topological polar surface area (TPSA) is 71.2 Å². The Labute approximate surface area is 123 Å². The molecule has 1 saturated heterocycles. The zero-order chi connectivity index (χ0) is 15.0. The smallest absolute Gasteiger partial charge is 0.339 e. The summed E-state index contributed by atoms with van der Waals surface area (Å²) < 4.78 is 1.69. The molecule has 3 heterocycles. The molecule has 6 heteroatoms. The Hall–Kier alpha value is -2.11. The molecule has 1 aliphatic heterocycles. The van der Waals surface area contributed by atoms with Crippen LogP contribution in [0.1, 0.15) is 43.0 Å². The van der Waals surface area contributed by atoms with E-state index in [1.165, 1.54) is 12.6 Å². The number of hydrogen-bond acceptors (Lipinski definition) is 4. The molecule has 1 atom stereocenters. The summed E-state index contributed by atoms with van der Waals surface area (Å²) in [4.78, 5) is 18.1. The standard InChI is InChI=1S/C15H20N4O2/c1-3-10-6-4-5-7-19(10)13-11-9-17-18(2)14(11)16-8-12(13)15(20)21/h8-10H,3-7H2,1-2H3,(H,20,21). The summed E-state index contributed by atoms with van der Waals surface area (Å²) in [7, 11) is 1.83. The predicted molar refractivity (Wildman–Crippen MR) is 80.7 cm³/mol. The van der Waals surface area contributed by atoms with Gasteiger partial charge in [0.05, 0.1) is 17.3 Å². The molecule has 3 rings (SSSR count). The lowest BCUT2D eigenvalue weighted by Gasteiger charge is -2.38. The minimum absolute atomic E-state index is 0.274. The Morgan fingerprint density at radius 1 is 1.43 bits per heavy atom. The van der Waals surface area contributed by atoms with Crippen LogP contribution in [0.2, 0.25) is 0 Å². The molecule has 0 saturated carbocycles. The van der Waals surface area contributed by atoms with E-state index in [-0.39, 0.29) is 5.56 Å². The molecule has 1 unspecified atom stereocenters. The summed E-state index contributed by atoms with van der Waals surface area (Å²) in [5, 5.41) is 14.6. The first-order valence-electron chi connectivity index (χ1n) is 7.44. The number of anilines is 1. The molecule has 2 aromatic heterocycles. The molecule has 1 fully saturated rings. The highest BCUT2D eigenvalue weighted by Gasteiger charge is 2.28. The molecule has 0 aromatic carbocycles. The van der Waals surface area contributed by atoms with E-state index in [1.807, 2.05) is 7.05 Å². The number of aromatic nitrogens is 3. The van der Waals surface area contributed by atoms with Crippen molar-refractivity contribution in [3.05, 3.63) is 18.0 Å². The summed E-state index contributed by atoms with van der Waals surface area (Å²) >= 11 is 0. The molecule has 1 aliphatic rings. The van der Waals surface area contributed by atoms with Crippen molar-refractivity contribution in [1.29, 1.82) is 0 Å². The van der Waals surface area contributed by atoms with Gasteiger partial charge in [-0.3, -0.25) is 4.68 Å². The number of carbonyl (C=O) groups is 1. The van der Waals surface area contributed by atoms with Gasteiger partial charge in [-0.25, -0.2) is 9.78 Å². The number of piperidine rings is 1. The first-order valence-corrected chi connectivity index (χ1v) is 7.44. The number of nitrogens with zero attached hydrogens (tertiary/aromatic N) is 4. The van der Waals surface area contributed by atoms with Crippen LogP contribution >= 0.6 is 0 Å². The number of pyridine rings is 1. The molecule has 0 aliphatic carbocycles. The Balaban J connectivity index is 2.22. The van der Waals surface area contributed by atoms with Crippen LogP contribution in [0.3, 0.4) is 0 Å². The zero-order valence-electron chi connectivity index (χ0n) is 12.4. The summed E-state index contributed by atoms with van der Waals surface area (Å²) in [6.45, 7) is 3.05. The predicted octanol–water partition coefficient (Wildman–Crippen LogP) is 2.44. The number of hydrogen-bond donors (Lipinski definition) is 1. The van der Waals surface area contributed by atoms with Crippen LogP contribution in [0.4, 0.5) is 5.69 Å². The van der Waals surface area contributed by atoms with Crippen molar-refractivity contribution in [3.8, 4) is 0 Å². The van der Waals surface area contributed by atoms with Crippen molar-refractivity contribution in [2.45, 2.75) is 38.6 Å².